The number of hydrogen-bond acceptors (Lipinski definition) is 0. The first-order valence-corrected chi connectivity index (χ1v) is 5.99. The maximum atomic E-state index is 2.35. The zero-order valence-electron chi connectivity index (χ0n) is 10.2. The lowest BCUT2D eigenvalue weighted by Gasteiger charge is -2.11. The van der Waals surface area contributed by atoms with Gasteiger partial charge < -0.3 is 0 Å². The lowest BCUT2D eigenvalue weighted by Crippen LogP contribution is -1.94. The van der Waals surface area contributed by atoms with E-state index in [1.54, 1.807) is 5.57 Å². The van der Waals surface area contributed by atoms with Crippen molar-refractivity contribution in [2.75, 3.05) is 0 Å². The van der Waals surface area contributed by atoms with E-state index in [9.17, 15) is 0 Å². The summed E-state index contributed by atoms with van der Waals surface area (Å²) >= 11 is 0. The van der Waals surface area contributed by atoms with Crippen molar-refractivity contribution in [1.29, 1.82) is 0 Å². The van der Waals surface area contributed by atoms with Gasteiger partial charge in [0.15, 0.2) is 0 Å². The van der Waals surface area contributed by atoms with Gasteiger partial charge in [0.2, 0.25) is 0 Å². The molecule has 1 rings (SSSR count). The Morgan fingerprint density at radius 3 is 2.40 bits per heavy atom. The molecule has 0 nitrogen and oxygen atoms in total. The third-order valence-corrected chi connectivity index (χ3v) is 2.71. The molecule has 0 radical (unpaired) electrons. The van der Waals surface area contributed by atoms with Gasteiger partial charge in [-0.25, -0.2) is 0 Å². The Bertz CT molecular complexity index is 293. The Kier molecular flexibility index (Phi) is 5.17. The van der Waals surface area contributed by atoms with Crippen molar-refractivity contribution in [3.8, 4) is 0 Å². The zero-order valence-corrected chi connectivity index (χ0v) is 10.2. The predicted molar refractivity (Wildman–Crippen MR) is 68.8 cm³/mol. The first-order chi connectivity index (χ1) is 7.24. The standard InChI is InChI=1S/C15H22/c1-4-5-11-15(13(2)3)12-14-9-7-6-8-10-14/h6-10,12-13H,4-5,11H2,1-3H3. The summed E-state index contributed by atoms with van der Waals surface area (Å²) < 4.78 is 0. The van der Waals surface area contributed by atoms with Gasteiger partial charge in [0.05, 0.1) is 0 Å². The quantitative estimate of drug-likeness (QED) is 0.636. The van der Waals surface area contributed by atoms with E-state index < -0.39 is 0 Å². The fraction of sp³-hybridized carbons (Fsp3) is 0.467. The Hall–Kier alpha value is -1.04. The van der Waals surface area contributed by atoms with Gasteiger partial charge in [-0.2, -0.15) is 0 Å². The fourth-order valence-electron chi connectivity index (χ4n) is 1.67. The molecule has 0 amide bonds. The summed E-state index contributed by atoms with van der Waals surface area (Å²) in [5, 5.41) is 0. The van der Waals surface area contributed by atoms with E-state index in [1.165, 1.54) is 24.8 Å². The molecule has 1 aromatic rings. The first-order valence-electron chi connectivity index (χ1n) is 5.99. The highest BCUT2D eigenvalue weighted by Crippen LogP contribution is 2.20. The van der Waals surface area contributed by atoms with Crippen molar-refractivity contribution in [3.05, 3.63) is 41.5 Å². The minimum absolute atomic E-state index is 0.664. The molecule has 0 aliphatic rings. The minimum Gasteiger partial charge on any atom is -0.0671 e. The molecule has 0 aliphatic carbocycles. The molecule has 0 saturated heterocycles. The molecule has 1 aromatic carbocycles. The fourth-order valence-corrected chi connectivity index (χ4v) is 1.67. The second-order valence-corrected chi connectivity index (χ2v) is 4.39. The third-order valence-electron chi connectivity index (χ3n) is 2.71. The highest BCUT2D eigenvalue weighted by Gasteiger charge is 2.02. The van der Waals surface area contributed by atoms with Crippen LogP contribution in [0.3, 0.4) is 0 Å². The van der Waals surface area contributed by atoms with Crippen LogP contribution in [0.15, 0.2) is 35.9 Å². The maximum Gasteiger partial charge on any atom is -0.0257 e. The average Bonchev–Trinajstić information content (AvgIpc) is 2.25. The van der Waals surface area contributed by atoms with E-state index in [0.717, 1.165) is 0 Å². The van der Waals surface area contributed by atoms with Crippen molar-refractivity contribution in [2.24, 2.45) is 5.92 Å². The number of hydrogen-bond donors (Lipinski definition) is 0. The van der Waals surface area contributed by atoms with Crippen LogP contribution in [0.25, 0.3) is 6.08 Å². The van der Waals surface area contributed by atoms with Crippen LogP contribution in [0, 0.1) is 5.92 Å². The van der Waals surface area contributed by atoms with Crippen LogP contribution < -0.4 is 0 Å². The second-order valence-electron chi connectivity index (χ2n) is 4.39. The Morgan fingerprint density at radius 1 is 1.20 bits per heavy atom. The molecule has 0 N–H and O–H groups in total. The van der Waals surface area contributed by atoms with E-state index in [0.29, 0.717) is 5.92 Å². The van der Waals surface area contributed by atoms with Gasteiger partial charge >= 0.3 is 0 Å². The summed E-state index contributed by atoms with van der Waals surface area (Å²) in [6.45, 7) is 6.81. The predicted octanol–water partition coefficient (Wildman–Crippen LogP) is 4.92. The summed E-state index contributed by atoms with van der Waals surface area (Å²) in [7, 11) is 0. The molecule has 15 heavy (non-hydrogen) atoms. The lowest BCUT2D eigenvalue weighted by molar-refractivity contribution is 0.680. The SMILES string of the molecule is CCCCC(=Cc1ccccc1)C(C)C. The van der Waals surface area contributed by atoms with Gasteiger partial charge in [0.25, 0.3) is 0 Å². The largest absolute Gasteiger partial charge is 0.0671 e. The van der Waals surface area contributed by atoms with Crippen molar-refractivity contribution in [2.45, 2.75) is 40.0 Å². The van der Waals surface area contributed by atoms with Crippen molar-refractivity contribution in [1.82, 2.24) is 0 Å². The van der Waals surface area contributed by atoms with Crippen molar-refractivity contribution in [3.63, 3.8) is 0 Å². The first kappa shape index (κ1) is 12.0. The maximum absolute atomic E-state index is 2.35. The Morgan fingerprint density at radius 2 is 1.87 bits per heavy atom. The highest BCUT2D eigenvalue weighted by molar-refractivity contribution is 5.52. The second kappa shape index (κ2) is 6.44. The normalized spacial score (nSPS) is 12.1. The average molecular weight is 202 g/mol. The summed E-state index contributed by atoms with van der Waals surface area (Å²) in [5.74, 6) is 0.664. The smallest absolute Gasteiger partial charge is 0.0257 e. The molecule has 0 heteroatoms. The molecule has 0 aliphatic heterocycles. The zero-order chi connectivity index (χ0) is 11.1. The van der Waals surface area contributed by atoms with Gasteiger partial charge in [-0.3, -0.25) is 0 Å². The molecular formula is C15H22. The number of allylic oxidation sites excluding steroid dienone is 1. The molecule has 0 spiro atoms. The lowest BCUT2D eigenvalue weighted by atomic mass is 9.95. The summed E-state index contributed by atoms with van der Waals surface area (Å²) in [6, 6.07) is 10.6. The minimum atomic E-state index is 0.664. The Balaban J connectivity index is 2.75. The van der Waals surface area contributed by atoms with E-state index in [-0.39, 0.29) is 0 Å². The van der Waals surface area contributed by atoms with Gasteiger partial charge in [-0.1, -0.05) is 69.2 Å². The highest BCUT2D eigenvalue weighted by atomic mass is 14.1. The molecule has 0 unspecified atom stereocenters. The molecule has 82 valence electrons. The molecule has 0 bridgehead atoms. The summed E-state index contributed by atoms with van der Waals surface area (Å²) in [4.78, 5) is 0. The van der Waals surface area contributed by atoms with Gasteiger partial charge in [0, 0.05) is 0 Å². The van der Waals surface area contributed by atoms with E-state index in [2.05, 4.69) is 57.2 Å². The van der Waals surface area contributed by atoms with Crippen LogP contribution in [0.5, 0.6) is 0 Å². The van der Waals surface area contributed by atoms with Gasteiger partial charge in [-0.15, -0.1) is 0 Å². The summed E-state index contributed by atoms with van der Waals surface area (Å²) in [6.07, 6.45) is 6.17. The molecule has 0 heterocycles. The molecule has 0 fully saturated rings. The molecule has 0 aromatic heterocycles. The number of rotatable bonds is 5. The third kappa shape index (κ3) is 4.33. The van der Waals surface area contributed by atoms with Gasteiger partial charge in [-0.05, 0) is 24.3 Å². The topological polar surface area (TPSA) is 0 Å². The van der Waals surface area contributed by atoms with Crippen LogP contribution in [-0.4, -0.2) is 0 Å². The summed E-state index contributed by atoms with van der Waals surface area (Å²) in [5.41, 5.74) is 2.90. The monoisotopic (exact) mass is 202 g/mol. The molecular weight excluding hydrogens is 180 g/mol. The molecule has 0 atom stereocenters. The van der Waals surface area contributed by atoms with E-state index in [1.807, 2.05) is 0 Å². The van der Waals surface area contributed by atoms with Crippen LogP contribution in [0.2, 0.25) is 0 Å². The van der Waals surface area contributed by atoms with Crippen molar-refractivity contribution >= 4 is 6.08 Å². The Labute approximate surface area is 94.0 Å². The van der Waals surface area contributed by atoms with E-state index >= 15 is 0 Å². The van der Waals surface area contributed by atoms with Crippen molar-refractivity contribution < 1.29 is 0 Å². The molecule has 0 saturated carbocycles. The van der Waals surface area contributed by atoms with E-state index in [4.69, 9.17) is 0 Å². The van der Waals surface area contributed by atoms with Crippen LogP contribution in [-0.2, 0) is 0 Å². The number of benzene rings is 1. The number of unbranched alkanes of at least 4 members (excludes halogenated alkanes) is 1. The van der Waals surface area contributed by atoms with Crippen LogP contribution in [0.4, 0.5) is 0 Å². The van der Waals surface area contributed by atoms with Crippen LogP contribution in [0.1, 0.15) is 45.6 Å². The van der Waals surface area contributed by atoms with Gasteiger partial charge in [0.1, 0.15) is 0 Å². The van der Waals surface area contributed by atoms with Crippen LogP contribution >= 0.6 is 0 Å².